The van der Waals surface area contributed by atoms with E-state index in [1.165, 1.54) is 18.2 Å². The summed E-state index contributed by atoms with van der Waals surface area (Å²) in [6, 6.07) is 3.72. The summed E-state index contributed by atoms with van der Waals surface area (Å²) < 4.78 is 77.1. The lowest BCUT2D eigenvalue weighted by molar-refractivity contribution is -0.122. The molecule has 1 N–H and O–H groups in total. The van der Waals surface area contributed by atoms with E-state index in [2.05, 4.69) is 5.32 Å². The lowest BCUT2D eigenvalue weighted by Gasteiger charge is -2.33. The van der Waals surface area contributed by atoms with Gasteiger partial charge in [0.2, 0.25) is 9.84 Å². The maximum atomic E-state index is 14.2. The van der Waals surface area contributed by atoms with Crippen LogP contribution in [0.3, 0.4) is 0 Å². The number of nitrogens with one attached hydrogen (secondary N) is 1. The fourth-order valence-electron chi connectivity index (χ4n) is 3.29. The maximum absolute atomic E-state index is 14.2. The smallest absolute Gasteiger partial charge is 0.378 e. The molecule has 0 spiro atoms. The van der Waals surface area contributed by atoms with Crippen molar-refractivity contribution < 1.29 is 26.0 Å². The third kappa shape index (κ3) is 3.82. The van der Waals surface area contributed by atoms with Crippen LogP contribution in [-0.2, 0) is 9.84 Å². The van der Waals surface area contributed by atoms with E-state index in [-0.39, 0.29) is 28.3 Å². The normalized spacial score (nSPS) is 26.2. The molecule has 1 aromatic rings. The highest BCUT2D eigenvalue weighted by atomic mass is 32.2. The van der Waals surface area contributed by atoms with Crippen LogP contribution in [0.5, 0.6) is 0 Å². The second-order valence-electron chi connectivity index (χ2n) is 6.48. The molecule has 0 aliphatic carbocycles. The predicted molar refractivity (Wildman–Crippen MR) is 86.7 cm³/mol. The number of hydrogen-bond acceptors (Lipinski definition) is 4. The summed E-state index contributed by atoms with van der Waals surface area (Å²) in [5.74, 6) is 0. The van der Waals surface area contributed by atoms with Crippen molar-refractivity contribution in [3.8, 4) is 0 Å². The minimum Gasteiger partial charge on any atom is -0.378 e. The molecule has 0 aromatic heterocycles. The van der Waals surface area contributed by atoms with Gasteiger partial charge in [0.05, 0.1) is 18.2 Å². The van der Waals surface area contributed by atoms with Gasteiger partial charge in [0.1, 0.15) is 11.1 Å². The Morgan fingerprint density at radius 1 is 1.32 bits per heavy atom. The van der Waals surface area contributed by atoms with Crippen LogP contribution in [0.2, 0.25) is 0 Å². The van der Waals surface area contributed by atoms with Crippen LogP contribution in [0.25, 0.3) is 5.57 Å². The second-order valence-corrected chi connectivity index (χ2v) is 8.21. The molecule has 2 aliphatic rings. The average Bonchev–Trinajstić information content (AvgIpc) is 2.72. The number of nitrogens with zero attached hydrogens (tertiary/aromatic N) is 1. The number of alkyl halides is 4. The van der Waals surface area contributed by atoms with Crippen molar-refractivity contribution in [2.45, 2.75) is 36.1 Å². The zero-order chi connectivity index (χ0) is 18.4. The Morgan fingerprint density at radius 3 is 2.68 bits per heavy atom. The van der Waals surface area contributed by atoms with Crippen LogP contribution in [0, 0.1) is 0 Å². The zero-order valence-corrected chi connectivity index (χ0v) is 14.3. The Bertz CT molecular complexity index is 805. The molecule has 3 rings (SSSR count). The zero-order valence-electron chi connectivity index (χ0n) is 13.5. The third-order valence-corrected chi connectivity index (χ3v) is 6.02. The van der Waals surface area contributed by atoms with E-state index in [1.54, 1.807) is 7.05 Å². The Labute approximate surface area is 143 Å². The largest absolute Gasteiger partial charge is 0.393 e. The van der Waals surface area contributed by atoms with Crippen LogP contribution in [0.15, 0.2) is 28.5 Å². The summed E-state index contributed by atoms with van der Waals surface area (Å²) >= 11 is 0. The number of piperidine rings is 1. The molecule has 4 nitrogen and oxygen atoms in total. The van der Waals surface area contributed by atoms with Gasteiger partial charge in [0, 0.05) is 18.5 Å². The van der Waals surface area contributed by atoms with E-state index in [9.17, 15) is 26.0 Å². The Hall–Kier alpha value is -1.61. The molecule has 2 atom stereocenters. The van der Waals surface area contributed by atoms with Gasteiger partial charge in [0.25, 0.3) is 0 Å². The molecule has 0 amide bonds. The Kier molecular flexibility index (Phi) is 4.57. The summed E-state index contributed by atoms with van der Waals surface area (Å²) in [5, 5.41) is 3.56. The average molecular weight is 378 g/mol. The van der Waals surface area contributed by atoms with Crippen molar-refractivity contribution in [2.75, 3.05) is 25.5 Å². The number of fused-ring (bicyclic) bond motifs is 1. The Morgan fingerprint density at radius 2 is 2.04 bits per heavy atom. The standard InChI is InChI=1S/C16H18F4N2O2S/c1-22-6-5-13(12(17)8-22)21-14-4-2-3-11-10(7-16(18,19)20)9-25(23,24)15(11)14/h2-4,9,12-13,21H,5-8H2,1H3/t12-,13-/m0/s1. The van der Waals surface area contributed by atoms with Crippen molar-refractivity contribution in [3.63, 3.8) is 0 Å². The molecule has 0 radical (unpaired) electrons. The molecule has 25 heavy (non-hydrogen) atoms. The summed E-state index contributed by atoms with van der Waals surface area (Å²) in [4.78, 5) is 1.64. The van der Waals surface area contributed by atoms with Crippen LogP contribution in [0.4, 0.5) is 23.2 Å². The topological polar surface area (TPSA) is 49.4 Å². The SMILES string of the molecule is CN1CC[C@H](Nc2cccc3c2S(=O)(=O)C=C3CC(F)(F)F)[C@@H](F)C1. The Balaban J connectivity index is 1.93. The van der Waals surface area contributed by atoms with E-state index >= 15 is 0 Å². The van der Waals surface area contributed by atoms with Crippen molar-refractivity contribution >= 4 is 21.1 Å². The van der Waals surface area contributed by atoms with Gasteiger partial charge >= 0.3 is 6.18 Å². The van der Waals surface area contributed by atoms with Crippen LogP contribution < -0.4 is 5.32 Å². The number of halogens is 4. The lowest BCUT2D eigenvalue weighted by atomic mass is 10.0. The highest BCUT2D eigenvalue weighted by Crippen LogP contribution is 2.43. The fourth-order valence-corrected chi connectivity index (χ4v) is 4.93. The van der Waals surface area contributed by atoms with E-state index < -0.39 is 34.6 Å². The molecule has 1 saturated heterocycles. The molecule has 9 heteroatoms. The molecular weight excluding hydrogens is 360 g/mol. The van der Waals surface area contributed by atoms with E-state index in [1.807, 2.05) is 4.90 Å². The minimum absolute atomic E-state index is 0.0330. The number of likely N-dealkylation sites (tertiary alicyclic amines) is 1. The van der Waals surface area contributed by atoms with E-state index in [0.29, 0.717) is 18.4 Å². The van der Waals surface area contributed by atoms with E-state index in [0.717, 1.165) is 0 Å². The van der Waals surface area contributed by atoms with Gasteiger partial charge in [-0.15, -0.1) is 0 Å². The number of anilines is 1. The van der Waals surface area contributed by atoms with E-state index in [4.69, 9.17) is 0 Å². The summed E-state index contributed by atoms with van der Waals surface area (Å²) in [7, 11) is -2.20. The van der Waals surface area contributed by atoms with Crippen LogP contribution in [-0.4, -0.2) is 51.8 Å². The van der Waals surface area contributed by atoms with Crippen molar-refractivity contribution in [3.05, 3.63) is 29.2 Å². The number of allylic oxidation sites excluding steroid dienone is 1. The predicted octanol–water partition coefficient (Wildman–Crippen LogP) is 3.22. The molecule has 0 unspecified atom stereocenters. The molecule has 1 aromatic carbocycles. The van der Waals surface area contributed by atoms with Crippen molar-refractivity contribution in [1.29, 1.82) is 0 Å². The number of sulfone groups is 1. The van der Waals surface area contributed by atoms with Gasteiger partial charge < -0.3 is 10.2 Å². The van der Waals surface area contributed by atoms with Gasteiger partial charge in [-0.25, -0.2) is 12.8 Å². The minimum atomic E-state index is -4.51. The molecule has 2 aliphatic heterocycles. The molecule has 0 saturated carbocycles. The number of rotatable bonds is 3. The van der Waals surface area contributed by atoms with Gasteiger partial charge in [-0.05, 0) is 30.7 Å². The van der Waals surface area contributed by atoms with Gasteiger partial charge in [-0.3, -0.25) is 0 Å². The first-order valence-electron chi connectivity index (χ1n) is 7.82. The van der Waals surface area contributed by atoms with Crippen LogP contribution >= 0.6 is 0 Å². The summed E-state index contributed by atoms with van der Waals surface area (Å²) in [5.41, 5.74) is -0.0971. The highest BCUT2D eigenvalue weighted by molar-refractivity contribution is 7.95. The number of benzene rings is 1. The molecule has 138 valence electrons. The molecule has 0 bridgehead atoms. The van der Waals surface area contributed by atoms with Crippen LogP contribution in [0.1, 0.15) is 18.4 Å². The maximum Gasteiger partial charge on any atom is 0.393 e. The summed E-state index contributed by atoms with van der Waals surface area (Å²) in [6.45, 7) is 0.869. The van der Waals surface area contributed by atoms with Crippen molar-refractivity contribution in [1.82, 2.24) is 4.90 Å². The molecular formula is C16H18F4N2O2S. The van der Waals surface area contributed by atoms with Gasteiger partial charge in [-0.2, -0.15) is 13.2 Å². The lowest BCUT2D eigenvalue weighted by Crippen LogP contribution is -2.46. The first-order valence-corrected chi connectivity index (χ1v) is 9.36. The summed E-state index contributed by atoms with van der Waals surface area (Å²) in [6.07, 6.45) is -6.54. The first kappa shape index (κ1) is 18.2. The quantitative estimate of drug-likeness (QED) is 0.821. The number of hydrogen-bond donors (Lipinski definition) is 1. The van der Waals surface area contributed by atoms with Gasteiger partial charge in [-0.1, -0.05) is 12.1 Å². The fraction of sp³-hybridized carbons (Fsp3) is 0.500. The third-order valence-electron chi connectivity index (χ3n) is 4.42. The first-order chi connectivity index (χ1) is 11.6. The monoisotopic (exact) mass is 378 g/mol. The second kappa shape index (κ2) is 6.28. The molecule has 1 fully saturated rings. The highest BCUT2D eigenvalue weighted by Gasteiger charge is 2.37. The van der Waals surface area contributed by atoms with Crippen molar-refractivity contribution in [2.24, 2.45) is 0 Å². The van der Waals surface area contributed by atoms with Gasteiger partial charge in [0.15, 0.2) is 0 Å². The molecule has 2 heterocycles.